The molecule has 1 aliphatic heterocycles. The van der Waals surface area contributed by atoms with E-state index in [1.54, 1.807) is 0 Å². The van der Waals surface area contributed by atoms with E-state index in [1.165, 1.54) is 5.56 Å². The summed E-state index contributed by atoms with van der Waals surface area (Å²) < 4.78 is 5.58. The van der Waals surface area contributed by atoms with Gasteiger partial charge in [-0.25, -0.2) is 9.78 Å². The molecule has 1 saturated carbocycles. The summed E-state index contributed by atoms with van der Waals surface area (Å²) in [6.07, 6.45) is 2.64. The van der Waals surface area contributed by atoms with Crippen molar-refractivity contribution in [2.24, 2.45) is 0 Å². The molecule has 0 radical (unpaired) electrons. The SMILES string of the molecule is O=C(N[C@@H]1C[C@H]1c1ccccc1)N1CCC(c2nc(-c3ccc4ccccc4n3)no2)CC1. The minimum absolute atomic E-state index is 0.0310. The van der Waals surface area contributed by atoms with E-state index in [1.807, 2.05) is 47.4 Å². The van der Waals surface area contributed by atoms with Gasteiger partial charge in [0, 0.05) is 36.4 Å². The van der Waals surface area contributed by atoms with E-state index in [2.05, 4.69) is 44.7 Å². The van der Waals surface area contributed by atoms with Crippen LogP contribution in [-0.2, 0) is 0 Å². The molecule has 166 valence electrons. The molecule has 0 unspecified atom stereocenters. The molecule has 6 rings (SSSR count). The zero-order valence-corrected chi connectivity index (χ0v) is 18.2. The number of urea groups is 1. The summed E-state index contributed by atoms with van der Waals surface area (Å²) in [6, 6.07) is 22.6. The number of para-hydroxylation sites is 1. The smallest absolute Gasteiger partial charge is 0.317 e. The number of piperidine rings is 1. The van der Waals surface area contributed by atoms with Gasteiger partial charge in [-0.2, -0.15) is 4.98 Å². The Kier molecular flexibility index (Phi) is 5.02. The lowest BCUT2D eigenvalue weighted by molar-refractivity contribution is 0.174. The Labute approximate surface area is 191 Å². The van der Waals surface area contributed by atoms with E-state index in [9.17, 15) is 4.79 Å². The molecule has 1 saturated heterocycles. The molecule has 2 fully saturated rings. The second kappa shape index (κ2) is 8.31. The number of nitrogens with zero attached hydrogens (tertiary/aromatic N) is 4. The van der Waals surface area contributed by atoms with Crippen LogP contribution in [0.1, 0.15) is 42.6 Å². The Morgan fingerprint density at radius 2 is 1.73 bits per heavy atom. The van der Waals surface area contributed by atoms with E-state index in [-0.39, 0.29) is 18.0 Å². The minimum Gasteiger partial charge on any atom is -0.339 e. The van der Waals surface area contributed by atoms with Gasteiger partial charge in [0.15, 0.2) is 0 Å². The van der Waals surface area contributed by atoms with Gasteiger partial charge in [-0.05, 0) is 37.0 Å². The van der Waals surface area contributed by atoms with Gasteiger partial charge >= 0.3 is 6.03 Å². The van der Waals surface area contributed by atoms with Crippen LogP contribution in [0.15, 0.2) is 71.3 Å². The highest BCUT2D eigenvalue weighted by Crippen LogP contribution is 2.40. The highest BCUT2D eigenvalue weighted by molar-refractivity contribution is 5.80. The van der Waals surface area contributed by atoms with E-state index in [0.717, 1.165) is 30.2 Å². The van der Waals surface area contributed by atoms with Crippen molar-refractivity contribution in [2.75, 3.05) is 13.1 Å². The molecule has 1 aliphatic carbocycles. The first-order valence-corrected chi connectivity index (χ1v) is 11.5. The summed E-state index contributed by atoms with van der Waals surface area (Å²) in [4.78, 5) is 23.9. The first-order valence-electron chi connectivity index (χ1n) is 11.5. The lowest BCUT2D eigenvalue weighted by Crippen LogP contribution is -2.45. The van der Waals surface area contributed by atoms with Gasteiger partial charge in [0.25, 0.3) is 0 Å². The highest BCUT2D eigenvalue weighted by atomic mass is 16.5. The van der Waals surface area contributed by atoms with Crippen LogP contribution in [0.25, 0.3) is 22.4 Å². The predicted molar refractivity (Wildman–Crippen MR) is 125 cm³/mol. The fraction of sp³-hybridized carbons (Fsp3) is 0.308. The predicted octanol–water partition coefficient (Wildman–Crippen LogP) is 4.73. The Morgan fingerprint density at radius 1 is 0.939 bits per heavy atom. The number of hydrogen-bond donors (Lipinski definition) is 1. The first kappa shape index (κ1) is 19.9. The summed E-state index contributed by atoms with van der Waals surface area (Å²) in [7, 11) is 0. The van der Waals surface area contributed by atoms with Crippen LogP contribution in [0.2, 0.25) is 0 Å². The van der Waals surface area contributed by atoms with E-state index in [0.29, 0.717) is 36.4 Å². The molecule has 2 aliphatic rings. The summed E-state index contributed by atoms with van der Waals surface area (Å²) in [6.45, 7) is 1.37. The third kappa shape index (κ3) is 4.06. The van der Waals surface area contributed by atoms with Gasteiger partial charge in [-0.15, -0.1) is 0 Å². The number of carbonyl (C=O) groups excluding carboxylic acids is 1. The molecule has 2 amide bonds. The van der Waals surface area contributed by atoms with Crippen molar-refractivity contribution in [1.29, 1.82) is 0 Å². The molecule has 4 aromatic rings. The van der Waals surface area contributed by atoms with Gasteiger partial charge in [-0.1, -0.05) is 59.8 Å². The average molecular weight is 440 g/mol. The molecule has 0 bridgehead atoms. The lowest BCUT2D eigenvalue weighted by Gasteiger charge is -2.30. The van der Waals surface area contributed by atoms with Crippen molar-refractivity contribution in [3.8, 4) is 11.5 Å². The van der Waals surface area contributed by atoms with Crippen molar-refractivity contribution in [2.45, 2.75) is 37.1 Å². The monoisotopic (exact) mass is 439 g/mol. The topological polar surface area (TPSA) is 84.2 Å². The number of nitrogens with one attached hydrogen (secondary N) is 1. The van der Waals surface area contributed by atoms with Crippen molar-refractivity contribution in [3.63, 3.8) is 0 Å². The van der Waals surface area contributed by atoms with Gasteiger partial charge in [0.05, 0.1) is 5.52 Å². The van der Waals surface area contributed by atoms with Gasteiger partial charge in [0.2, 0.25) is 11.7 Å². The number of hydrogen-bond acceptors (Lipinski definition) is 5. The Morgan fingerprint density at radius 3 is 2.58 bits per heavy atom. The molecule has 2 atom stereocenters. The lowest BCUT2D eigenvalue weighted by atomic mass is 9.97. The number of rotatable bonds is 4. The molecular weight excluding hydrogens is 414 g/mol. The number of benzene rings is 2. The second-order valence-corrected chi connectivity index (χ2v) is 8.92. The molecule has 7 heteroatoms. The molecule has 7 nitrogen and oxygen atoms in total. The van der Waals surface area contributed by atoms with Crippen LogP contribution >= 0.6 is 0 Å². The Hall–Kier alpha value is -3.74. The largest absolute Gasteiger partial charge is 0.339 e. The van der Waals surface area contributed by atoms with Crippen molar-refractivity contribution < 1.29 is 9.32 Å². The molecule has 3 heterocycles. The summed E-state index contributed by atoms with van der Waals surface area (Å²) in [5, 5.41) is 8.44. The van der Waals surface area contributed by atoms with Crippen LogP contribution in [-0.4, -0.2) is 45.2 Å². The van der Waals surface area contributed by atoms with Crippen molar-refractivity contribution >= 4 is 16.9 Å². The van der Waals surface area contributed by atoms with E-state index >= 15 is 0 Å². The summed E-state index contributed by atoms with van der Waals surface area (Å²) >= 11 is 0. The zero-order valence-electron chi connectivity index (χ0n) is 18.2. The molecule has 2 aromatic heterocycles. The fourth-order valence-electron chi connectivity index (χ4n) is 4.70. The van der Waals surface area contributed by atoms with E-state index < -0.39 is 0 Å². The van der Waals surface area contributed by atoms with Crippen LogP contribution in [0.4, 0.5) is 4.79 Å². The molecule has 33 heavy (non-hydrogen) atoms. The third-order valence-electron chi connectivity index (χ3n) is 6.73. The quantitative estimate of drug-likeness (QED) is 0.497. The first-order chi connectivity index (χ1) is 16.2. The number of pyridine rings is 1. The molecular formula is C26H25N5O2. The minimum atomic E-state index is 0.0310. The van der Waals surface area contributed by atoms with Gasteiger partial charge in [0.1, 0.15) is 5.69 Å². The average Bonchev–Trinajstić information content (AvgIpc) is 3.46. The standard InChI is InChI=1S/C26H25N5O2/c32-26(28-23-16-20(23)17-6-2-1-3-7-17)31-14-12-19(13-15-31)25-29-24(30-33-25)22-11-10-18-8-4-5-9-21(18)27-22/h1-11,19-20,23H,12-16H2,(H,28,32)/t20-,23+/m0/s1. The van der Waals surface area contributed by atoms with Crippen LogP contribution in [0, 0.1) is 0 Å². The Balaban J connectivity index is 1.05. The summed E-state index contributed by atoms with van der Waals surface area (Å²) in [5.74, 6) is 1.74. The van der Waals surface area contributed by atoms with Gasteiger partial charge in [-0.3, -0.25) is 0 Å². The maximum Gasteiger partial charge on any atom is 0.317 e. The number of carbonyl (C=O) groups is 1. The molecule has 2 aromatic carbocycles. The number of aromatic nitrogens is 3. The third-order valence-corrected chi connectivity index (χ3v) is 6.73. The molecule has 0 spiro atoms. The normalized spacial score (nSPS) is 20.7. The van der Waals surface area contributed by atoms with E-state index in [4.69, 9.17) is 4.52 Å². The maximum atomic E-state index is 12.7. The highest BCUT2D eigenvalue weighted by Gasteiger charge is 2.40. The number of fused-ring (bicyclic) bond motifs is 1. The fourth-order valence-corrected chi connectivity index (χ4v) is 4.70. The van der Waals surface area contributed by atoms with Crippen LogP contribution in [0.5, 0.6) is 0 Å². The Bertz CT molecular complexity index is 1280. The van der Waals surface area contributed by atoms with Gasteiger partial charge < -0.3 is 14.7 Å². The maximum absolute atomic E-state index is 12.7. The van der Waals surface area contributed by atoms with Crippen molar-refractivity contribution in [3.05, 3.63) is 78.2 Å². The second-order valence-electron chi connectivity index (χ2n) is 8.92. The van der Waals surface area contributed by atoms with Crippen LogP contribution in [0.3, 0.4) is 0 Å². The number of amides is 2. The van der Waals surface area contributed by atoms with Crippen LogP contribution < -0.4 is 5.32 Å². The summed E-state index contributed by atoms with van der Waals surface area (Å²) in [5.41, 5.74) is 2.92. The molecule has 1 N–H and O–H groups in total. The van der Waals surface area contributed by atoms with Crippen molar-refractivity contribution in [1.82, 2.24) is 25.3 Å². The number of likely N-dealkylation sites (tertiary alicyclic amines) is 1. The zero-order chi connectivity index (χ0) is 22.2.